The van der Waals surface area contributed by atoms with E-state index in [1.165, 1.54) is 6.92 Å². The normalized spacial score (nSPS) is 50.1. The summed E-state index contributed by atoms with van der Waals surface area (Å²) in [5, 5.41) is 63.5. The van der Waals surface area contributed by atoms with Gasteiger partial charge in [-0.1, -0.05) is 0 Å². The number of hydrogen-bond acceptors (Lipinski definition) is 14. The summed E-state index contributed by atoms with van der Waals surface area (Å²) in [5.74, 6) is -0.477. The van der Waals surface area contributed by atoms with Crippen molar-refractivity contribution in [3.63, 3.8) is 0 Å². The van der Waals surface area contributed by atoms with Crippen LogP contribution < -0.4 is 22.5 Å². The number of aliphatic hydroxyl groups is 6. The Balaban J connectivity index is 1.71. The van der Waals surface area contributed by atoms with E-state index in [0.29, 0.717) is 0 Å². The Kier molecular flexibility index (Phi) is 9.18. The first-order valence-corrected chi connectivity index (χ1v) is 11.1. The molecular weight excluding hydrogens is 460 g/mol. The first-order chi connectivity index (χ1) is 16.0. The quantitative estimate of drug-likeness (QED) is 0.164. The minimum absolute atomic E-state index is 0.115. The van der Waals surface area contributed by atoms with Crippen LogP contribution in [0.2, 0.25) is 0 Å². The van der Waals surface area contributed by atoms with Crippen molar-refractivity contribution in [2.24, 2.45) is 17.2 Å². The summed E-state index contributed by atoms with van der Waals surface area (Å²) in [6.45, 7) is 0.362. The summed E-state index contributed by atoms with van der Waals surface area (Å²) in [7, 11) is 0. The molecule has 3 fully saturated rings. The molecule has 0 unspecified atom stereocenters. The molecule has 2 aliphatic heterocycles. The minimum atomic E-state index is -1.47. The van der Waals surface area contributed by atoms with Gasteiger partial charge in [0.2, 0.25) is 5.91 Å². The van der Waals surface area contributed by atoms with E-state index >= 15 is 0 Å². The van der Waals surface area contributed by atoms with Crippen molar-refractivity contribution >= 4 is 5.91 Å². The summed E-state index contributed by atoms with van der Waals surface area (Å²) >= 11 is 0. The first-order valence-electron chi connectivity index (χ1n) is 11.1. The number of ether oxygens (including phenoxy) is 4. The van der Waals surface area contributed by atoms with E-state index < -0.39 is 98.1 Å². The minimum Gasteiger partial charge on any atom is -0.394 e. The van der Waals surface area contributed by atoms with Crippen LogP contribution in [0, 0.1) is 0 Å². The van der Waals surface area contributed by atoms with E-state index in [1.54, 1.807) is 0 Å². The number of hydrogen-bond donors (Lipinski definition) is 10. The maximum atomic E-state index is 11.4. The predicted molar refractivity (Wildman–Crippen MR) is 111 cm³/mol. The van der Waals surface area contributed by atoms with Gasteiger partial charge in [-0.3, -0.25) is 4.79 Å². The van der Waals surface area contributed by atoms with E-state index in [4.69, 9.17) is 36.1 Å². The van der Waals surface area contributed by atoms with Gasteiger partial charge in [0.05, 0.1) is 25.3 Å². The van der Waals surface area contributed by atoms with Gasteiger partial charge in [-0.15, -0.1) is 0 Å². The second kappa shape index (κ2) is 11.3. The Hall–Kier alpha value is -1.05. The molecule has 1 amide bonds. The Morgan fingerprint density at radius 3 is 2.09 bits per heavy atom. The van der Waals surface area contributed by atoms with Crippen LogP contribution in [0.4, 0.5) is 0 Å². The van der Waals surface area contributed by atoms with Crippen molar-refractivity contribution in [2.45, 2.75) is 98.9 Å². The fourth-order valence-corrected chi connectivity index (χ4v) is 4.50. The van der Waals surface area contributed by atoms with Crippen LogP contribution in [0.1, 0.15) is 13.3 Å². The monoisotopic (exact) mass is 496 g/mol. The molecule has 3 rings (SSSR count). The molecule has 3 aliphatic rings. The molecule has 1 aliphatic carbocycles. The molecule has 15 heteroatoms. The fraction of sp³-hybridized carbons (Fsp3) is 0.947. The second-order valence-corrected chi connectivity index (χ2v) is 9.03. The smallest absolute Gasteiger partial charge is 0.217 e. The van der Waals surface area contributed by atoms with E-state index in [0.717, 1.165) is 0 Å². The van der Waals surface area contributed by atoms with Crippen LogP contribution in [-0.2, 0) is 23.7 Å². The topological polar surface area (TPSA) is 265 Å². The molecule has 0 bridgehead atoms. The predicted octanol–water partition coefficient (Wildman–Crippen LogP) is -6.47. The Labute approximate surface area is 195 Å². The fourth-order valence-electron chi connectivity index (χ4n) is 4.50. The molecule has 0 spiro atoms. The lowest BCUT2D eigenvalue weighted by Crippen LogP contribution is -2.68. The Morgan fingerprint density at radius 2 is 1.53 bits per heavy atom. The third-order valence-electron chi connectivity index (χ3n) is 6.43. The summed E-state index contributed by atoms with van der Waals surface area (Å²) in [6.07, 6.45) is -13.1. The number of rotatable bonds is 6. The highest BCUT2D eigenvalue weighted by atomic mass is 16.7. The standard InChI is InChI=1S/C19H36N4O11/c1-5(25)23-11-8(26)4-31-19(14(11)29)34-17-7(21)2-6(20)16(15(17)30)33-18-10(22)13(28)12(27)9(3-24)32-18/h6-19,24,26-30H,2-4,20-22H2,1H3,(H,23,25)/t6-,7+,8-,9+,10+,11+,12+,13+,14-,15-,16+,17-,18+,19-/m0/s1. The van der Waals surface area contributed by atoms with Gasteiger partial charge in [-0.25, -0.2) is 0 Å². The van der Waals surface area contributed by atoms with Crippen LogP contribution in [-0.4, -0.2) is 135 Å². The van der Waals surface area contributed by atoms with Crippen LogP contribution in [0.5, 0.6) is 0 Å². The third-order valence-corrected chi connectivity index (χ3v) is 6.43. The van der Waals surface area contributed by atoms with Crippen LogP contribution in [0.15, 0.2) is 0 Å². The summed E-state index contributed by atoms with van der Waals surface area (Å²) < 4.78 is 22.3. The molecule has 0 aromatic rings. The summed E-state index contributed by atoms with van der Waals surface area (Å²) in [6, 6.07) is -3.89. The second-order valence-electron chi connectivity index (χ2n) is 9.03. The largest absolute Gasteiger partial charge is 0.394 e. The molecule has 0 aromatic carbocycles. The van der Waals surface area contributed by atoms with Gasteiger partial charge in [0.15, 0.2) is 12.6 Å². The summed E-state index contributed by atoms with van der Waals surface area (Å²) in [4.78, 5) is 11.4. The number of aliphatic hydroxyl groups excluding tert-OH is 6. The van der Waals surface area contributed by atoms with Crippen molar-refractivity contribution in [3.8, 4) is 0 Å². The lowest BCUT2D eigenvalue weighted by atomic mass is 9.84. The van der Waals surface area contributed by atoms with Gasteiger partial charge in [0.1, 0.15) is 48.8 Å². The van der Waals surface area contributed by atoms with Gasteiger partial charge < -0.3 is 72.1 Å². The lowest BCUT2D eigenvalue weighted by Gasteiger charge is -2.47. The average molecular weight is 497 g/mol. The van der Waals surface area contributed by atoms with Crippen molar-refractivity contribution in [2.75, 3.05) is 13.2 Å². The zero-order chi connectivity index (χ0) is 25.3. The molecule has 34 heavy (non-hydrogen) atoms. The van der Waals surface area contributed by atoms with Gasteiger partial charge in [-0.2, -0.15) is 0 Å². The first kappa shape index (κ1) is 27.5. The molecule has 13 N–H and O–H groups in total. The molecule has 198 valence electrons. The zero-order valence-electron chi connectivity index (χ0n) is 18.7. The SMILES string of the molecule is CC(=O)N[C@H]1[C@H](O)[C@H](O[C@@H]2[C@@H](O)[C@H](O[C@H]3O[C@H](CO)[C@@H](O)[C@H](O)[C@H]3N)[C@@H](N)C[C@H]2N)OC[C@@H]1O. The van der Waals surface area contributed by atoms with Crippen LogP contribution in [0.3, 0.4) is 0 Å². The number of carbonyl (C=O) groups is 1. The van der Waals surface area contributed by atoms with Gasteiger partial charge in [0, 0.05) is 19.0 Å². The molecule has 2 heterocycles. The van der Waals surface area contributed by atoms with E-state index in [1.807, 2.05) is 0 Å². The molecule has 0 radical (unpaired) electrons. The maximum absolute atomic E-state index is 11.4. The van der Waals surface area contributed by atoms with Crippen molar-refractivity contribution in [1.29, 1.82) is 0 Å². The molecule has 2 saturated heterocycles. The van der Waals surface area contributed by atoms with Crippen LogP contribution >= 0.6 is 0 Å². The Bertz CT molecular complexity index is 691. The van der Waals surface area contributed by atoms with Crippen LogP contribution in [0.25, 0.3) is 0 Å². The Morgan fingerprint density at radius 1 is 0.941 bits per heavy atom. The van der Waals surface area contributed by atoms with Gasteiger partial charge >= 0.3 is 0 Å². The zero-order valence-corrected chi connectivity index (χ0v) is 18.7. The number of nitrogens with one attached hydrogen (secondary N) is 1. The average Bonchev–Trinajstić information content (AvgIpc) is 2.77. The number of carbonyl (C=O) groups excluding carboxylic acids is 1. The highest BCUT2D eigenvalue weighted by Gasteiger charge is 2.50. The molecule has 15 nitrogen and oxygen atoms in total. The number of nitrogens with two attached hydrogens (primary N) is 3. The van der Waals surface area contributed by atoms with Gasteiger partial charge in [-0.05, 0) is 6.42 Å². The van der Waals surface area contributed by atoms with Crippen molar-refractivity contribution in [1.82, 2.24) is 5.32 Å². The highest BCUT2D eigenvalue weighted by molar-refractivity contribution is 5.73. The van der Waals surface area contributed by atoms with Crippen molar-refractivity contribution in [3.05, 3.63) is 0 Å². The highest BCUT2D eigenvalue weighted by Crippen LogP contribution is 2.30. The van der Waals surface area contributed by atoms with E-state index in [-0.39, 0.29) is 13.0 Å². The van der Waals surface area contributed by atoms with E-state index in [2.05, 4.69) is 5.32 Å². The molecular formula is C19H36N4O11. The van der Waals surface area contributed by atoms with Gasteiger partial charge in [0.25, 0.3) is 0 Å². The van der Waals surface area contributed by atoms with E-state index in [9.17, 15) is 35.4 Å². The molecule has 1 saturated carbocycles. The molecule has 14 atom stereocenters. The summed E-state index contributed by atoms with van der Waals surface area (Å²) in [5.41, 5.74) is 18.2. The molecule has 0 aromatic heterocycles. The lowest BCUT2D eigenvalue weighted by molar-refractivity contribution is -0.310. The number of amides is 1. The maximum Gasteiger partial charge on any atom is 0.217 e. The van der Waals surface area contributed by atoms with Crippen molar-refractivity contribution < 1.29 is 54.4 Å². The third kappa shape index (κ3) is 5.67.